The van der Waals surface area contributed by atoms with E-state index in [4.69, 9.17) is 10.7 Å². The van der Waals surface area contributed by atoms with E-state index in [1.54, 1.807) is 11.3 Å². The number of benzene rings is 1. The average molecular weight is 298 g/mol. The third-order valence-electron chi connectivity index (χ3n) is 4.09. The van der Waals surface area contributed by atoms with E-state index < -0.39 is 0 Å². The highest BCUT2D eigenvalue weighted by molar-refractivity contribution is 7.16. The van der Waals surface area contributed by atoms with Gasteiger partial charge in [-0.1, -0.05) is 23.5 Å². The van der Waals surface area contributed by atoms with Gasteiger partial charge in [-0.2, -0.15) is 5.10 Å². The molecule has 0 bridgehead atoms. The first-order valence-corrected chi connectivity index (χ1v) is 8.26. The van der Waals surface area contributed by atoms with Crippen molar-refractivity contribution in [2.45, 2.75) is 38.6 Å². The van der Waals surface area contributed by atoms with Crippen LogP contribution in [-0.4, -0.2) is 14.6 Å². The highest BCUT2D eigenvalue weighted by Crippen LogP contribution is 2.28. The molecule has 108 valence electrons. The number of fused-ring (bicyclic) bond motifs is 2. The largest absolute Gasteiger partial charge is 0.322 e. The first-order chi connectivity index (χ1) is 10.2. The fraction of sp³-hybridized carbons (Fsp3) is 0.375. The molecular weight excluding hydrogens is 280 g/mol. The number of hydrogen-bond acceptors (Lipinski definition) is 4. The Labute approximate surface area is 127 Å². The van der Waals surface area contributed by atoms with E-state index in [1.807, 2.05) is 17.6 Å². The van der Waals surface area contributed by atoms with Crippen molar-refractivity contribution >= 4 is 16.3 Å². The maximum absolute atomic E-state index is 5.87. The van der Waals surface area contributed by atoms with E-state index in [0.29, 0.717) is 0 Å². The van der Waals surface area contributed by atoms with Gasteiger partial charge in [0.15, 0.2) is 0 Å². The van der Waals surface area contributed by atoms with Crippen molar-refractivity contribution in [3.05, 3.63) is 40.5 Å². The molecular formula is C16H18N4S. The maximum Gasteiger partial charge on any atom is 0.212 e. The van der Waals surface area contributed by atoms with Gasteiger partial charge in [0.1, 0.15) is 5.01 Å². The fourth-order valence-corrected chi connectivity index (χ4v) is 3.76. The summed E-state index contributed by atoms with van der Waals surface area (Å²) in [6.07, 6.45) is 7.03. The van der Waals surface area contributed by atoms with Gasteiger partial charge >= 0.3 is 0 Å². The second kappa shape index (κ2) is 4.93. The quantitative estimate of drug-likeness (QED) is 0.789. The van der Waals surface area contributed by atoms with Crippen LogP contribution in [0.1, 0.15) is 41.9 Å². The molecule has 2 N–H and O–H groups in total. The zero-order valence-corrected chi connectivity index (χ0v) is 12.9. The Morgan fingerprint density at radius 2 is 2.05 bits per heavy atom. The molecule has 0 amide bonds. The molecule has 0 saturated carbocycles. The van der Waals surface area contributed by atoms with E-state index in [9.17, 15) is 0 Å². The molecule has 1 unspecified atom stereocenters. The van der Waals surface area contributed by atoms with Crippen LogP contribution in [0.5, 0.6) is 0 Å². The second-order valence-corrected chi connectivity index (χ2v) is 6.76. The van der Waals surface area contributed by atoms with Gasteiger partial charge in [0.2, 0.25) is 4.96 Å². The van der Waals surface area contributed by atoms with E-state index in [1.165, 1.54) is 42.4 Å². The normalized spacial score (nSPS) is 16.1. The number of aryl methyl sites for hydroxylation is 2. The van der Waals surface area contributed by atoms with Crippen molar-refractivity contribution in [3.63, 3.8) is 0 Å². The Kier molecular flexibility index (Phi) is 3.05. The molecule has 1 aromatic carbocycles. The lowest BCUT2D eigenvalue weighted by atomic mass is 9.90. The summed E-state index contributed by atoms with van der Waals surface area (Å²) in [5.41, 5.74) is 11.0. The number of rotatable bonds is 2. The summed E-state index contributed by atoms with van der Waals surface area (Å²) in [6.45, 7) is 1.95. The van der Waals surface area contributed by atoms with Gasteiger partial charge in [-0.25, -0.2) is 9.50 Å². The first-order valence-electron chi connectivity index (χ1n) is 7.44. The molecule has 1 aliphatic rings. The number of nitrogens with two attached hydrogens (primary N) is 1. The predicted molar refractivity (Wildman–Crippen MR) is 85.5 cm³/mol. The number of hydrogen-bond donors (Lipinski definition) is 1. The zero-order valence-electron chi connectivity index (χ0n) is 12.0. The van der Waals surface area contributed by atoms with Crippen molar-refractivity contribution in [2.24, 2.45) is 5.73 Å². The lowest BCUT2D eigenvalue weighted by molar-refractivity contribution is 0.686. The minimum Gasteiger partial charge on any atom is -0.322 e. The molecule has 4 rings (SSSR count). The molecule has 0 fully saturated rings. The lowest BCUT2D eigenvalue weighted by Gasteiger charge is -2.15. The van der Waals surface area contributed by atoms with Gasteiger partial charge in [0.25, 0.3) is 0 Å². The minimum absolute atomic E-state index is 0.0381. The third kappa shape index (κ3) is 2.26. The Morgan fingerprint density at radius 3 is 2.81 bits per heavy atom. The van der Waals surface area contributed by atoms with Crippen molar-refractivity contribution in [3.8, 4) is 11.3 Å². The molecule has 0 saturated heterocycles. The standard InChI is InChI=1S/C16H18N4S/c1-10(17)15-19-20-9-14(18-16(20)21-15)13-7-6-11-4-2-3-5-12(11)8-13/h6-10H,2-5,17H2,1H3. The van der Waals surface area contributed by atoms with Gasteiger partial charge in [0.05, 0.1) is 17.9 Å². The Morgan fingerprint density at radius 1 is 1.24 bits per heavy atom. The van der Waals surface area contributed by atoms with Crippen LogP contribution < -0.4 is 5.73 Å². The van der Waals surface area contributed by atoms with E-state index in [0.717, 1.165) is 15.7 Å². The van der Waals surface area contributed by atoms with Crippen LogP contribution >= 0.6 is 11.3 Å². The molecule has 2 heterocycles. The molecule has 2 aromatic heterocycles. The number of aromatic nitrogens is 3. The van der Waals surface area contributed by atoms with E-state index >= 15 is 0 Å². The summed E-state index contributed by atoms with van der Waals surface area (Å²) in [7, 11) is 0. The van der Waals surface area contributed by atoms with Gasteiger partial charge in [-0.15, -0.1) is 0 Å². The smallest absolute Gasteiger partial charge is 0.212 e. The topological polar surface area (TPSA) is 56.2 Å². The third-order valence-corrected chi connectivity index (χ3v) is 5.22. The molecule has 3 aromatic rings. The van der Waals surface area contributed by atoms with Crippen LogP contribution in [0, 0.1) is 0 Å². The van der Waals surface area contributed by atoms with Crippen LogP contribution in [0.15, 0.2) is 24.4 Å². The minimum atomic E-state index is -0.0381. The lowest BCUT2D eigenvalue weighted by Crippen LogP contribution is -2.04. The highest BCUT2D eigenvalue weighted by Gasteiger charge is 2.14. The van der Waals surface area contributed by atoms with Crippen LogP contribution in [0.4, 0.5) is 0 Å². The molecule has 4 nitrogen and oxygen atoms in total. The summed E-state index contributed by atoms with van der Waals surface area (Å²) >= 11 is 1.57. The summed E-state index contributed by atoms with van der Waals surface area (Å²) in [5.74, 6) is 0. The first kappa shape index (κ1) is 13.0. The van der Waals surface area contributed by atoms with Crippen molar-refractivity contribution in [2.75, 3.05) is 0 Å². The molecule has 1 atom stereocenters. The number of imidazole rings is 1. The van der Waals surface area contributed by atoms with Crippen LogP contribution in [-0.2, 0) is 12.8 Å². The summed E-state index contributed by atoms with van der Waals surface area (Å²) in [6, 6.07) is 6.71. The molecule has 0 aliphatic heterocycles. The van der Waals surface area contributed by atoms with Gasteiger partial charge in [-0.05, 0) is 49.8 Å². The van der Waals surface area contributed by atoms with Gasteiger partial charge in [-0.3, -0.25) is 0 Å². The fourth-order valence-electron chi connectivity index (χ4n) is 2.93. The molecule has 1 aliphatic carbocycles. The van der Waals surface area contributed by atoms with Crippen LogP contribution in [0.25, 0.3) is 16.2 Å². The Hall–Kier alpha value is -1.72. The van der Waals surface area contributed by atoms with Crippen molar-refractivity contribution in [1.82, 2.24) is 14.6 Å². The van der Waals surface area contributed by atoms with E-state index in [-0.39, 0.29) is 6.04 Å². The van der Waals surface area contributed by atoms with Crippen molar-refractivity contribution < 1.29 is 0 Å². The second-order valence-electron chi connectivity index (χ2n) is 5.77. The van der Waals surface area contributed by atoms with Crippen molar-refractivity contribution in [1.29, 1.82) is 0 Å². The Bertz CT molecular complexity index is 768. The number of nitrogens with zero attached hydrogens (tertiary/aromatic N) is 3. The highest BCUT2D eigenvalue weighted by atomic mass is 32.1. The molecule has 0 spiro atoms. The molecule has 0 radical (unpaired) electrons. The maximum atomic E-state index is 5.87. The Balaban J connectivity index is 1.74. The van der Waals surface area contributed by atoms with Gasteiger partial charge < -0.3 is 5.73 Å². The zero-order chi connectivity index (χ0) is 14.4. The van der Waals surface area contributed by atoms with Gasteiger partial charge in [0, 0.05) is 5.56 Å². The SMILES string of the molecule is CC(N)c1nn2cc(-c3ccc4c(c3)CCCC4)nc2s1. The summed E-state index contributed by atoms with van der Waals surface area (Å²) in [4.78, 5) is 5.61. The average Bonchev–Trinajstić information content (AvgIpc) is 3.05. The monoisotopic (exact) mass is 298 g/mol. The van der Waals surface area contributed by atoms with Crippen LogP contribution in [0.2, 0.25) is 0 Å². The summed E-state index contributed by atoms with van der Waals surface area (Å²) < 4.78 is 1.85. The summed E-state index contributed by atoms with van der Waals surface area (Å²) in [5, 5.41) is 5.42. The molecule has 21 heavy (non-hydrogen) atoms. The predicted octanol–water partition coefficient (Wildman–Crippen LogP) is 3.36. The molecule has 5 heteroatoms. The van der Waals surface area contributed by atoms with E-state index in [2.05, 4.69) is 23.3 Å². The van der Waals surface area contributed by atoms with Crippen LogP contribution in [0.3, 0.4) is 0 Å².